The van der Waals surface area contributed by atoms with Crippen molar-refractivity contribution in [2.75, 3.05) is 13.1 Å². The highest BCUT2D eigenvalue weighted by atomic mass is 32.2. The number of hydrogen-bond acceptors (Lipinski definition) is 7. The van der Waals surface area contributed by atoms with Gasteiger partial charge in [0.2, 0.25) is 21.8 Å². The maximum absolute atomic E-state index is 13.2. The number of carbonyl (C=O) groups is 4. The number of nitrogens with zero attached hydrogens (tertiary/aromatic N) is 2. The van der Waals surface area contributed by atoms with E-state index < -0.39 is 51.7 Å². The van der Waals surface area contributed by atoms with Crippen molar-refractivity contribution >= 4 is 33.6 Å². The predicted molar refractivity (Wildman–Crippen MR) is 129 cm³/mol. The van der Waals surface area contributed by atoms with E-state index in [1.165, 1.54) is 9.21 Å². The molecule has 4 rings (SSSR count). The number of rotatable bonds is 8. The summed E-state index contributed by atoms with van der Waals surface area (Å²) in [4.78, 5) is 51.5. The Morgan fingerprint density at radius 2 is 1.72 bits per heavy atom. The Morgan fingerprint density at radius 3 is 2.36 bits per heavy atom. The van der Waals surface area contributed by atoms with Crippen LogP contribution in [-0.4, -0.2) is 83.6 Å². The highest BCUT2D eigenvalue weighted by molar-refractivity contribution is 7.88. The number of fused-ring (bicyclic) bond motifs is 1. The maximum Gasteiger partial charge on any atom is 0.374 e. The number of piperazine rings is 1. The number of amides is 2. The second kappa shape index (κ2) is 10.7. The molecule has 1 unspecified atom stereocenters. The summed E-state index contributed by atoms with van der Waals surface area (Å²) in [5, 5.41) is 11.9. The molecule has 1 aliphatic carbocycles. The van der Waals surface area contributed by atoms with Gasteiger partial charge in [-0.25, -0.2) is 13.2 Å². The van der Waals surface area contributed by atoms with Crippen molar-refractivity contribution in [1.82, 2.24) is 14.5 Å². The van der Waals surface area contributed by atoms with Gasteiger partial charge in [-0.15, -0.1) is 0 Å². The van der Waals surface area contributed by atoms with E-state index in [0.717, 1.165) is 0 Å². The summed E-state index contributed by atoms with van der Waals surface area (Å²) in [7, 11) is -3.74. The van der Waals surface area contributed by atoms with E-state index in [2.05, 4.69) is 5.32 Å². The van der Waals surface area contributed by atoms with E-state index in [0.29, 0.717) is 44.1 Å². The van der Waals surface area contributed by atoms with Crippen molar-refractivity contribution in [3.63, 3.8) is 0 Å². The zero-order chi connectivity index (χ0) is 26.0. The molecule has 1 aromatic carbocycles. The summed E-state index contributed by atoms with van der Waals surface area (Å²) in [6.45, 7) is -0.282. The van der Waals surface area contributed by atoms with Crippen LogP contribution in [0.5, 0.6) is 0 Å². The van der Waals surface area contributed by atoms with Crippen LogP contribution in [0.3, 0.4) is 0 Å². The Bertz CT molecular complexity index is 1120. The van der Waals surface area contributed by atoms with Gasteiger partial charge in [-0.3, -0.25) is 14.4 Å². The molecule has 3 fully saturated rings. The van der Waals surface area contributed by atoms with E-state index in [1.807, 2.05) is 0 Å². The summed E-state index contributed by atoms with van der Waals surface area (Å²) >= 11 is 0. The normalized spacial score (nSPS) is 27.8. The maximum atomic E-state index is 13.2. The third kappa shape index (κ3) is 5.60. The largest absolute Gasteiger partial charge is 0.475 e. The van der Waals surface area contributed by atoms with E-state index in [-0.39, 0.29) is 30.8 Å². The molecule has 1 aromatic rings. The third-order valence-electron chi connectivity index (χ3n) is 7.48. The number of carboxylic acid groups (broad SMARTS) is 1. The summed E-state index contributed by atoms with van der Waals surface area (Å²) in [5.41, 5.74) is 6.55. The van der Waals surface area contributed by atoms with Crippen LogP contribution < -0.4 is 11.1 Å². The molecule has 2 saturated heterocycles. The number of nitrogens with one attached hydrogen (secondary N) is 1. The van der Waals surface area contributed by atoms with Crippen molar-refractivity contribution in [1.29, 1.82) is 0 Å². The van der Waals surface area contributed by atoms with E-state index in [1.54, 1.807) is 30.3 Å². The minimum atomic E-state index is -3.74. The Hall–Kier alpha value is -2.83. The molecule has 11 nitrogen and oxygen atoms in total. The van der Waals surface area contributed by atoms with Crippen LogP contribution in [0.2, 0.25) is 0 Å². The van der Waals surface area contributed by atoms with Crippen LogP contribution in [-0.2, 0) is 35.0 Å². The fraction of sp³-hybridized carbons (Fsp3) is 0.583. The molecule has 196 valence electrons. The number of hydrogen-bond donors (Lipinski definition) is 3. The highest BCUT2D eigenvalue weighted by Gasteiger charge is 2.48. The van der Waals surface area contributed by atoms with Crippen molar-refractivity contribution in [2.45, 2.75) is 68.4 Å². The second-order valence-corrected chi connectivity index (χ2v) is 11.9. The average Bonchev–Trinajstić information content (AvgIpc) is 3.28. The van der Waals surface area contributed by atoms with E-state index in [9.17, 15) is 32.7 Å². The molecule has 36 heavy (non-hydrogen) atoms. The molecule has 0 spiro atoms. The Morgan fingerprint density at radius 1 is 1.06 bits per heavy atom. The monoisotopic (exact) mass is 520 g/mol. The van der Waals surface area contributed by atoms with Crippen molar-refractivity contribution in [3.05, 3.63) is 35.9 Å². The summed E-state index contributed by atoms with van der Waals surface area (Å²) < 4.78 is 27.1. The zero-order valence-electron chi connectivity index (χ0n) is 19.9. The summed E-state index contributed by atoms with van der Waals surface area (Å²) in [6, 6.07) is 6.16. The lowest BCUT2D eigenvalue weighted by molar-refractivity contribution is -0.152. The molecule has 3 aliphatic rings. The summed E-state index contributed by atoms with van der Waals surface area (Å²) in [6.07, 6.45) is 3.04. The van der Waals surface area contributed by atoms with Gasteiger partial charge in [-0.2, -0.15) is 4.31 Å². The molecular formula is C24H32N4O7S. The molecule has 4 N–H and O–H groups in total. The van der Waals surface area contributed by atoms with Gasteiger partial charge in [-0.05, 0) is 50.0 Å². The quantitative estimate of drug-likeness (QED) is 0.398. The van der Waals surface area contributed by atoms with E-state index in [4.69, 9.17) is 5.73 Å². The van der Waals surface area contributed by atoms with Crippen molar-refractivity contribution in [3.8, 4) is 0 Å². The molecular weight excluding hydrogens is 488 g/mol. The molecule has 0 radical (unpaired) electrons. The average molecular weight is 521 g/mol. The number of sulfonamides is 1. The van der Waals surface area contributed by atoms with Crippen LogP contribution in [0.4, 0.5) is 0 Å². The molecule has 12 heteroatoms. The number of Topliss-reactive ketones (excluding diaryl/α,β-unsaturated/α-hetero) is 1. The fourth-order valence-electron chi connectivity index (χ4n) is 5.58. The third-order valence-corrected chi connectivity index (χ3v) is 9.25. The Labute approximate surface area is 210 Å². The van der Waals surface area contributed by atoms with Crippen LogP contribution in [0.1, 0.15) is 44.1 Å². The number of benzene rings is 1. The molecule has 0 aromatic heterocycles. The first-order chi connectivity index (χ1) is 17.1. The highest BCUT2D eigenvalue weighted by Crippen LogP contribution is 2.31. The van der Waals surface area contributed by atoms with Crippen LogP contribution >= 0.6 is 0 Å². The van der Waals surface area contributed by atoms with Crippen molar-refractivity contribution in [2.24, 2.45) is 11.7 Å². The van der Waals surface area contributed by atoms with Gasteiger partial charge in [-0.1, -0.05) is 30.3 Å². The van der Waals surface area contributed by atoms with E-state index >= 15 is 0 Å². The van der Waals surface area contributed by atoms with Gasteiger partial charge in [0, 0.05) is 18.6 Å². The van der Waals surface area contributed by atoms with Gasteiger partial charge in [0.1, 0.15) is 12.1 Å². The Kier molecular flexibility index (Phi) is 7.76. The molecule has 0 bridgehead atoms. The smallest absolute Gasteiger partial charge is 0.374 e. The first-order valence-electron chi connectivity index (χ1n) is 12.2. The second-order valence-electron chi connectivity index (χ2n) is 9.91. The van der Waals surface area contributed by atoms with Gasteiger partial charge in [0.05, 0.1) is 12.3 Å². The van der Waals surface area contributed by atoms with Crippen LogP contribution in [0.25, 0.3) is 0 Å². The Balaban J connectivity index is 1.44. The molecule has 1 saturated carbocycles. The van der Waals surface area contributed by atoms with Crippen molar-refractivity contribution < 1.29 is 32.7 Å². The first kappa shape index (κ1) is 26.2. The lowest BCUT2D eigenvalue weighted by Crippen LogP contribution is -2.61. The lowest BCUT2D eigenvalue weighted by Gasteiger charge is -2.39. The van der Waals surface area contributed by atoms with Gasteiger partial charge in [0.25, 0.3) is 5.78 Å². The molecule has 2 amide bonds. The SMILES string of the molecule is NC1CCC(C(NC(=O)[C@@H]2CC[C@H]3CN(S(=O)(=O)Cc4ccccc4)CC(=O)N32)C(=O)C(=O)O)CC1. The standard InChI is InChI=1S/C24H32N4O7S/c25-17-8-6-16(7-9-17)21(22(30)24(32)33)26-23(31)19-11-10-18-12-27(13-20(29)28(18)19)36(34,35)14-15-4-2-1-3-5-15/h1-5,16-19,21H,6-14,25H2,(H,26,31)(H,32,33)/t16?,17?,18-,19-,21?/m0/s1. The molecule has 2 heterocycles. The number of ketones is 1. The minimum Gasteiger partial charge on any atom is -0.475 e. The number of carboxylic acids is 1. The topological polar surface area (TPSA) is 167 Å². The number of carbonyl (C=O) groups excluding carboxylic acids is 3. The van der Waals surface area contributed by atoms with Gasteiger partial charge < -0.3 is 21.1 Å². The first-order valence-corrected chi connectivity index (χ1v) is 13.8. The molecule has 2 aliphatic heterocycles. The minimum absolute atomic E-state index is 0.0137. The lowest BCUT2D eigenvalue weighted by atomic mass is 9.80. The van der Waals surface area contributed by atoms with Gasteiger partial charge >= 0.3 is 5.97 Å². The van der Waals surface area contributed by atoms with Crippen LogP contribution in [0, 0.1) is 5.92 Å². The number of nitrogens with two attached hydrogens (primary N) is 1. The summed E-state index contributed by atoms with van der Waals surface area (Å²) in [5.74, 6) is -4.33. The van der Waals surface area contributed by atoms with Crippen LogP contribution in [0.15, 0.2) is 30.3 Å². The zero-order valence-corrected chi connectivity index (χ0v) is 20.7. The fourth-order valence-corrected chi connectivity index (χ4v) is 7.08. The van der Waals surface area contributed by atoms with Gasteiger partial charge in [0.15, 0.2) is 0 Å². The molecule has 3 atom stereocenters. The predicted octanol–water partition coefficient (Wildman–Crippen LogP) is -0.152. The number of aliphatic carboxylic acids is 1.